The zero-order valence-electron chi connectivity index (χ0n) is 87.1. The maximum atomic E-state index is 13.0. The van der Waals surface area contributed by atoms with Gasteiger partial charge in [0.05, 0.1) is 46.2 Å². The predicted molar refractivity (Wildman–Crippen MR) is 541 cm³/mol. The van der Waals surface area contributed by atoms with Crippen LogP contribution in [-0.2, 0) is 56.8 Å². The van der Waals surface area contributed by atoms with Crippen molar-refractivity contribution in [3.63, 3.8) is 0 Å². The van der Waals surface area contributed by atoms with Gasteiger partial charge in [0.1, 0.15) is 128 Å². The number of hydrogen-bond donors (Lipinski definition) is 16. The molecule has 810 valence electrons. The van der Waals surface area contributed by atoms with E-state index in [2.05, 4.69) is 112 Å². The number of hydrogen-bond acceptors (Lipinski definition) is 30. The Labute approximate surface area is 842 Å². The molecule has 6 aliphatic rings. The average Bonchev–Trinajstić information content (AvgIpc) is 0.742. The van der Waals surface area contributed by atoms with Crippen LogP contribution in [0.5, 0.6) is 0 Å². The van der Waals surface area contributed by atoms with E-state index < -0.39 is 193 Å². The van der Waals surface area contributed by atoms with E-state index in [1.54, 1.807) is 19.1 Å². The number of rotatable bonds is 69. The number of aliphatic hydroxyl groups is 16. The van der Waals surface area contributed by atoms with Crippen molar-refractivity contribution in [3.8, 4) is 0 Å². The van der Waals surface area contributed by atoms with Crippen molar-refractivity contribution >= 4 is 11.6 Å². The molecule has 30 nitrogen and oxygen atoms in total. The fraction of sp³-hybridized carbons (Fsp3) is 0.784. The minimum atomic E-state index is -2.13. The first-order valence-corrected chi connectivity index (χ1v) is 53.6. The van der Waals surface area contributed by atoms with Gasteiger partial charge in [0.25, 0.3) is 0 Å². The predicted octanol–water partition coefficient (Wildman–Crippen LogP) is 14.6. The van der Waals surface area contributed by atoms with E-state index in [4.69, 9.17) is 56.8 Å². The van der Waals surface area contributed by atoms with Gasteiger partial charge in [-0.1, -0.05) is 287 Å². The first-order chi connectivity index (χ1) is 67.9. The molecule has 1 aromatic carbocycles. The highest BCUT2D eigenvalue weighted by Crippen LogP contribution is 2.38. The number of benzene rings is 1. The second-order valence-corrected chi connectivity index (χ2v) is 40.4. The van der Waals surface area contributed by atoms with Crippen molar-refractivity contribution in [2.24, 2.45) is 0 Å². The van der Waals surface area contributed by atoms with Crippen LogP contribution in [0, 0.1) is 0 Å². The fourth-order valence-electron chi connectivity index (χ4n) is 18.7. The number of aliphatic hydroxyl groups excluding tert-OH is 16. The summed E-state index contributed by atoms with van der Waals surface area (Å²) in [7, 11) is 0. The number of ether oxygens (including phenoxy) is 12. The van der Waals surface area contributed by atoms with E-state index in [-0.39, 0.29) is 24.8 Å². The zero-order valence-corrected chi connectivity index (χ0v) is 87.1. The molecule has 1 aliphatic carbocycles. The first kappa shape index (κ1) is 125. The first-order valence-electron chi connectivity index (χ1n) is 53.6. The summed E-state index contributed by atoms with van der Waals surface area (Å²) in [6.45, 7) is 20.7. The van der Waals surface area contributed by atoms with Crippen molar-refractivity contribution in [1.29, 1.82) is 0 Å². The van der Waals surface area contributed by atoms with Gasteiger partial charge in [0, 0.05) is 35.5 Å². The smallest absolute Gasteiger partial charge is 0.190 e. The Morgan fingerprint density at radius 3 is 0.865 bits per heavy atom. The molecule has 0 aromatic heterocycles. The van der Waals surface area contributed by atoms with E-state index in [9.17, 15) is 91.3 Å². The third kappa shape index (κ3) is 44.2. The van der Waals surface area contributed by atoms with Gasteiger partial charge < -0.3 is 139 Å². The van der Waals surface area contributed by atoms with E-state index in [0.29, 0.717) is 41.9 Å². The average molecular weight is 2000 g/mol. The lowest BCUT2D eigenvalue weighted by atomic mass is 9.83. The molecule has 0 bridgehead atoms. The van der Waals surface area contributed by atoms with Crippen molar-refractivity contribution in [2.45, 2.75) is 499 Å². The molecule has 5 fully saturated rings. The Kier molecular flexibility index (Phi) is 63.1. The molecule has 25 atom stereocenters. The normalized spacial score (nSPS) is 29.5. The van der Waals surface area contributed by atoms with Crippen LogP contribution in [0.2, 0.25) is 0 Å². The SMILES string of the molecule is CC(C)=CCC/C(C)=C/CC/C(C)=C/CC/C(C)=C/CC/C(C)=C/CC/C(C)=C/CC/C(C)=C/CC1=C(C)C(=O)c2ccccc2C1=O.CCCCCCCCCCCCCCCCOCC(COCCCCCCCCCCCCCCCC)O[C@H]1O[C@H](CO)[C@@H](O[C@H]2O[C@H](CO)[C@@H](O[C@H]3O[C@H](CO)[C@@H](O[C@H]4O[C@H](CO)[C@@H](O[C@H]5O[C@H](CO)[C@@H](O)[C@H](O)[C@H]5O)[C@H](O)[C@H]4O)[C@H](O)[C@H]3O)[C@H](O)[C@H]2O)[C@H](O)[C@H]1O. The van der Waals surface area contributed by atoms with E-state index in [1.807, 2.05) is 12.1 Å². The summed E-state index contributed by atoms with van der Waals surface area (Å²) in [5.41, 5.74) is 12.4. The second-order valence-electron chi connectivity index (χ2n) is 40.4. The van der Waals surface area contributed by atoms with Gasteiger partial charge in [-0.2, -0.15) is 0 Å². The summed E-state index contributed by atoms with van der Waals surface area (Å²) in [5, 5.41) is 173. The highest BCUT2D eigenvalue weighted by atomic mass is 16.8. The van der Waals surface area contributed by atoms with Crippen LogP contribution in [0.4, 0.5) is 0 Å². The minimum Gasteiger partial charge on any atom is -0.394 e. The van der Waals surface area contributed by atoms with Gasteiger partial charge in [-0.3, -0.25) is 9.59 Å². The van der Waals surface area contributed by atoms with Crippen molar-refractivity contribution in [1.82, 2.24) is 0 Å². The number of unbranched alkanes of at least 4 members (excludes halogenated alkanes) is 26. The summed E-state index contributed by atoms with van der Waals surface area (Å²) in [4.78, 5) is 25.7. The van der Waals surface area contributed by atoms with Gasteiger partial charge in [-0.05, 0) is 159 Å². The highest BCUT2D eigenvalue weighted by Gasteiger charge is 2.57. The van der Waals surface area contributed by atoms with Gasteiger partial charge in [-0.15, -0.1) is 0 Å². The quantitative estimate of drug-likeness (QED) is 0.0213. The van der Waals surface area contributed by atoms with Crippen molar-refractivity contribution < 1.29 is 148 Å². The summed E-state index contributed by atoms with van der Waals surface area (Å²) in [5.74, 6) is -0.0311. The molecule has 5 heterocycles. The van der Waals surface area contributed by atoms with Gasteiger partial charge in [0.15, 0.2) is 43.0 Å². The molecular formula is C111H186O30. The number of Topliss-reactive ketones (excluding diaryl/α,β-unsaturated/α-hetero) is 2. The lowest BCUT2D eigenvalue weighted by Gasteiger charge is -2.49. The summed E-state index contributed by atoms with van der Waals surface area (Å²) < 4.78 is 69.9. The van der Waals surface area contributed by atoms with E-state index >= 15 is 0 Å². The highest BCUT2D eigenvalue weighted by molar-refractivity contribution is 6.26. The Bertz CT molecular complexity index is 3790. The summed E-state index contributed by atoms with van der Waals surface area (Å²) in [6, 6.07) is 7.15. The van der Waals surface area contributed by atoms with Crippen LogP contribution in [-0.4, -0.2) is 312 Å². The number of carbonyl (C=O) groups is 2. The Hall–Kier alpha value is -4.64. The maximum Gasteiger partial charge on any atom is 0.190 e. The van der Waals surface area contributed by atoms with Crippen LogP contribution in [0.25, 0.3) is 0 Å². The number of fused-ring (bicyclic) bond motifs is 1. The van der Waals surface area contributed by atoms with Crippen LogP contribution in [0.3, 0.4) is 0 Å². The largest absolute Gasteiger partial charge is 0.394 e. The van der Waals surface area contributed by atoms with Crippen molar-refractivity contribution in [2.75, 3.05) is 59.5 Å². The molecule has 16 N–H and O–H groups in total. The van der Waals surface area contributed by atoms with Gasteiger partial charge in [-0.25, -0.2) is 0 Å². The fourth-order valence-corrected chi connectivity index (χ4v) is 18.7. The molecule has 5 aliphatic heterocycles. The van der Waals surface area contributed by atoms with Crippen LogP contribution in [0.15, 0.2) is 117 Å². The molecule has 0 spiro atoms. The molecule has 30 heteroatoms. The topological polar surface area (TPSA) is 469 Å². The third-order valence-electron chi connectivity index (χ3n) is 27.9. The molecule has 1 aromatic rings. The molecule has 0 saturated carbocycles. The zero-order chi connectivity index (χ0) is 103. The van der Waals surface area contributed by atoms with Crippen LogP contribution in [0.1, 0.15) is 360 Å². The Balaban J connectivity index is 0.000000531. The van der Waals surface area contributed by atoms with Gasteiger partial charge in [0.2, 0.25) is 0 Å². The maximum absolute atomic E-state index is 13.0. The Morgan fingerprint density at radius 1 is 0.312 bits per heavy atom. The molecule has 0 amide bonds. The molecule has 0 radical (unpaired) electrons. The van der Waals surface area contributed by atoms with E-state index in [0.717, 1.165) is 103 Å². The minimum absolute atomic E-state index is 0.00832. The van der Waals surface area contributed by atoms with E-state index in [1.165, 1.54) is 193 Å². The van der Waals surface area contributed by atoms with Crippen molar-refractivity contribution in [3.05, 3.63) is 128 Å². The monoisotopic (exact) mass is 2000 g/mol. The standard InChI is InChI=1S/C65H122O28.C46H64O2/c1-3-5-7-9-11-13-15-17-19-21-23-25-27-29-31-82-38-40(39-83-32-30-28-26-24-22-20-18-16-14-12-10-8-6-4-2)84-61-53(78)48(73)57(42(34-67)86-61)91-63-55(80)50(75)59(44(36-69)88-63)93-65-56(81)51(76)60(45(37-70)89-65)92-64-54(79)49(74)58(43(35-68)87-64)90-62-52(77)47(72)46(71)41(33-66)85-62;1-34(2)18-12-19-35(3)20-13-21-36(4)22-14-23-37(5)24-15-25-38(6)26-16-27-39(7)28-17-29-40(8)32-33-42-41(9)45(47)43-30-10-11-31-44(43)46(42)48/h40-81H,3-39H2,1-2H3;10-11,18,20,22,24,26,28,30-32H,12-17,19,21,23,25,27,29,33H2,1-9H3/b;35-20+,36-22+,37-24+,38-26+,39-28+,40-32+/t41-,42-,43-,44-,45-,46-,47+,48-,49-,50-,51-,52-,53-,54-,55-,56-,57-,58-,59-,60-,61+,62-,63-,64-,65-;/m1./s1. The van der Waals surface area contributed by atoms with Crippen LogP contribution < -0.4 is 0 Å². The van der Waals surface area contributed by atoms with Crippen LogP contribution >= 0.6 is 0 Å². The Morgan fingerprint density at radius 2 is 0.567 bits per heavy atom. The second kappa shape index (κ2) is 71.1. The lowest BCUT2D eigenvalue weighted by Crippen LogP contribution is -2.68. The molecular weight excluding hydrogens is 1810 g/mol. The summed E-state index contributed by atoms with van der Waals surface area (Å²) in [6.07, 6.45) is 18.4. The molecule has 141 heavy (non-hydrogen) atoms. The molecule has 0 unspecified atom stereocenters. The number of ketones is 2. The molecule has 7 rings (SSSR count). The van der Waals surface area contributed by atoms with Gasteiger partial charge >= 0.3 is 0 Å². The lowest BCUT2D eigenvalue weighted by molar-refractivity contribution is -0.394. The number of carbonyl (C=O) groups excluding carboxylic acids is 2. The summed E-state index contributed by atoms with van der Waals surface area (Å²) >= 11 is 0. The third-order valence-corrected chi connectivity index (χ3v) is 27.9. The number of allylic oxidation sites excluding steroid dienone is 16. The molecule has 5 saturated heterocycles.